The van der Waals surface area contributed by atoms with E-state index in [1.54, 1.807) is 12.3 Å². The Morgan fingerprint density at radius 1 is 1.15 bits per heavy atom. The summed E-state index contributed by atoms with van der Waals surface area (Å²) < 4.78 is 17.3. The van der Waals surface area contributed by atoms with E-state index in [9.17, 15) is 0 Å². The topological polar surface area (TPSA) is 71.4 Å². The molecule has 0 aliphatic carbocycles. The summed E-state index contributed by atoms with van der Waals surface area (Å²) in [6.45, 7) is 7.90. The Hall–Kier alpha value is -3.22. The molecule has 5 rings (SSSR count). The van der Waals surface area contributed by atoms with Crippen LogP contribution in [0.25, 0.3) is 27.7 Å². The molecule has 0 saturated carbocycles. The first-order chi connectivity index (χ1) is 12.9. The van der Waals surface area contributed by atoms with Gasteiger partial charge in [-0.2, -0.15) is 5.10 Å². The van der Waals surface area contributed by atoms with E-state index in [-0.39, 0.29) is 5.82 Å². The van der Waals surface area contributed by atoms with E-state index in [0.29, 0.717) is 5.56 Å². The van der Waals surface area contributed by atoms with Crippen molar-refractivity contribution in [3.63, 3.8) is 0 Å². The summed E-state index contributed by atoms with van der Waals surface area (Å²) in [6.07, 6.45) is 1.74. The van der Waals surface area contributed by atoms with E-state index in [4.69, 9.17) is 0 Å². The average Bonchev–Trinajstić information content (AvgIpc) is 3.22. The monoisotopic (exact) mass is 362 g/mol. The highest BCUT2D eigenvalue weighted by Gasteiger charge is 2.36. The molecule has 2 N–H and O–H groups in total. The van der Waals surface area contributed by atoms with Crippen molar-refractivity contribution in [3.8, 4) is 16.8 Å². The quantitative estimate of drug-likeness (QED) is 0.532. The number of aryl methyl sites for hydroxylation is 1. The molecule has 6 nitrogen and oxygen atoms in total. The van der Waals surface area contributed by atoms with Crippen molar-refractivity contribution in [1.82, 2.24) is 25.0 Å². The number of anilines is 1. The van der Waals surface area contributed by atoms with Crippen LogP contribution in [-0.4, -0.2) is 25.0 Å². The lowest BCUT2D eigenvalue weighted by molar-refractivity contribution is 0.532. The maximum absolute atomic E-state index is 15.3. The van der Waals surface area contributed by atoms with Crippen LogP contribution in [0.5, 0.6) is 0 Å². The van der Waals surface area contributed by atoms with Crippen LogP contribution >= 0.6 is 0 Å². The first-order valence-electron chi connectivity index (χ1n) is 8.85. The SMILES string of the molecule is Cc1c(-c2cccc3[nH]ncc23)c(F)cc2c1-n1c(C)nnc1C(C)(C)N2. The lowest BCUT2D eigenvalue weighted by Gasteiger charge is -2.35. The normalized spacial score (nSPS) is 14.7. The number of H-pyrrole nitrogens is 1. The average molecular weight is 362 g/mol. The van der Waals surface area contributed by atoms with Crippen molar-refractivity contribution < 1.29 is 4.39 Å². The summed E-state index contributed by atoms with van der Waals surface area (Å²) in [5.74, 6) is 1.33. The molecule has 2 aromatic heterocycles. The molecule has 0 amide bonds. The third-order valence-corrected chi connectivity index (χ3v) is 5.30. The number of aromatic nitrogens is 5. The van der Waals surface area contributed by atoms with Gasteiger partial charge < -0.3 is 5.32 Å². The van der Waals surface area contributed by atoms with E-state index in [1.165, 1.54) is 0 Å². The van der Waals surface area contributed by atoms with Crippen LogP contribution in [-0.2, 0) is 5.54 Å². The van der Waals surface area contributed by atoms with Crippen LogP contribution in [0.2, 0.25) is 0 Å². The summed E-state index contributed by atoms with van der Waals surface area (Å²) in [5.41, 5.74) is 4.30. The van der Waals surface area contributed by atoms with Crippen LogP contribution in [0.15, 0.2) is 30.5 Å². The Balaban J connectivity index is 1.87. The van der Waals surface area contributed by atoms with E-state index in [2.05, 4.69) is 25.7 Å². The van der Waals surface area contributed by atoms with Gasteiger partial charge in [0.2, 0.25) is 0 Å². The molecule has 7 heteroatoms. The van der Waals surface area contributed by atoms with Gasteiger partial charge in [0.25, 0.3) is 0 Å². The van der Waals surface area contributed by atoms with E-state index >= 15 is 4.39 Å². The molecule has 0 saturated heterocycles. The third kappa shape index (κ3) is 2.08. The minimum absolute atomic E-state index is 0.266. The second-order valence-corrected chi connectivity index (χ2v) is 7.55. The standard InChI is InChI=1S/C20H19FN6/c1-10-17(12-6-5-7-15-13(12)9-22-25-15)14(21)8-16-18(10)27-11(2)24-26-19(27)20(3,4)23-16/h5-9,23H,1-4H3,(H,22,25). The predicted molar refractivity (Wildman–Crippen MR) is 103 cm³/mol. The van der Waals surface area contributed by atoms with Gasteiger partial charge in [0, 0.05) is 10.9 Å². The Morgan fingerprint density at radius 2 is 1.96 bits per heavy atom. The van der Waals surface area contributed by atoms with Gasteiger partial charge in [-0.1, -0.05) is 12.1 Å². The van der Waals surface area contributed by atoms with Gasteiger partial charge in [-0.15, -0.1) is 10.2 Å². The smallest absolute Gasteiger partial charge is 0.162 e. The highest BCUT2D eigenvalue weighted by atomic mass is 19.1. The lowest BCUT2D eigenvalue weighted by atomic mass is 9.92. The highest BCUT2D eigenvalue weighted by Crippen LogP contribution is 2.43. The summed E-state index contributed by atoms with van der Waals surface area (Å²) in [5, 5.41) is 20.0. The summed E-state index contributed by atoms with van der Waals surface area (Å²) in [6, 6.07) is 7.34. The number of benzene rings is 2. The maximum atomic E-state index is 15.3. The second kappa shape index (κ2) is 5.16. The minimum atomic E-state index is -0.445. The Kier molecular flexibility index (Phi) is 3.05. The van der Waals surface area contributed by atoms with Gasteiger partial charge in [-0.25, -0.2) is 4.39 Å². The molecule has 0 bridgehead atoms. The molecule has 4 aromatic rings. The van der Waals surface area contributed by atoms with Gasteiger partial charge >= 0.3 is 0 Å². The van der Waals surface area contributed by atoms with Gasteiger partial charge in [-0.3, -0.25) is 9.67 Å². The summed E-state index contributed by atoms with van der Waals surface area (Å²) >= 11 is 0. The highest BCUT2D eigenvalue weighted by molar-refractivity contribution is 5.96. The van der Waals surface area contributed by atoms with Gasteiger partial charge in [0.15, 0.2) is 5.82 Å². The third-order valence-electron chi connectivity index (χ3n) is 5.30. The fraction of sp³-hybridized carbons (Fsp3) is 0.250. The first-order valence-corrected chi connectivity index (χ1v) is 8.85. The van der Waals surface area contributed by atoms with Crippen LogP contribution in [0.3, 0.4) is 0 Å². The van der Waals surface area contributed by atoms with Crippen LogP contribution in [0.4, 0.5) is 10.1 Å². The van der Waals surface area contributed by atoms with Crippen molar-refractivity contribution in [3.05, 3.63) is 53.5 Å². The fourth-order valence-electron chi connectivity index (χ4n) is 4.09. The zero-order valence-corrected chi connectivity index (χ0v) is 15.6. The maximum Gasteiger partial charge on any atom is 0.162 e. The van der Waals surface area contributed by atoms with Gasteiger partial charge in [0.05, 0.1) is 28.6 Å². The molecule has 0 atom stereocenters. The Bertz CT molecular complexity index is 1220. The van der Waals surface area contributed by atoms with Crippen LogP contribution < -0.4 is 5.32 Å². The molecule has 2 aromatic carbocycles. The molecule has 0 radical (unpaired) electrons. The van der Waals surface area contributed by atoms with Gasteiger partial charge in [-0.05, 0) is 51.0 Å². The summed E-state index contributed by atoms with van der Waals surface area (Å²) in [7, 11) is 0. The number of nitrogens with one attached hydrogen (secondary N) is 2. The number of nitrogens with zero attached hydrogens (tertiary/aromatic N) is 4. The van der Waals surface area contributed by atoms with E-state index in [1.807, 2.05) is 50.5 Å². The second-order valence-electron chi connectivity index (χ2n) is 7.55. The first kappa shape index (κ1) is 16.0. The molecular weight excluding hydrogens is 343 g/mol. The Labute approximate surface area is 155 Å². The van der Waals surface area contributed by atoms with E-state index in [0.717, 1.165) is 45.1 Å². The number of aromatic amines is 1. The number of fused-ring (bicyclic) bond motifs is 4. The number of hydrogen-bond donors (Lipinski definition) is 2. The lowest BCUT2D eigenvalue weighted by Crippen LogP contribution is -2.36. The predicted octanol–water partition coefficient (Wildman–Crippen LogP) is 4.23. The number of hydrogen-bond acceptors (Lipinski definition) is 4. The molecule has 136 valence electrons. The molecule has 0 unspecified atom stereocenters. The Morgan fingerprint density at radius 3 is 2.78 bits per heavy atom. The van der Waals surface area contributed by atoms with Crippen molar-refractivity contribution in [2.45, 2.75) is 33.2 Å². The van der Waals surface area contributed by atoms with E-state index < -0.39 is 5.54 Å². The number of rotatable bonds is 1. The molecule has 1 aliphatic rings. The largest absolute Gasteiger partial charge is 0.371 e. The molecule has 3 heterocycles. The molecular formula is C20H19FN6. The molecule has 0 spiro atoms. The van der Waals surface area contributed by atoms with Crippen molar-refractivity contribution in [2.75, 3.05) is 5.32 Å². The minimum Gasteiger partial charge on any atom is -0.371 e. The zero-order valence-electron chi connectivity index (χ0n) is 15.6. The van der Waals surface area contributed by atoms with Gasteiger partial charge in [0.1, 0.15) is 11.6 Å². The number of halogens is 1. The fourth-order valence-corrected chi connectivity index (χ4v) is 4.09. The van der Waals surface area contributed by atoms with Crippen molar-refractivity contribution >= 4 is 16.6 Å². The zero-order chi connectivity index (χ0) is 18.9. The van der Waals surface area contributed by atoms with Crippen LogP contribution in [0, 0.1) is 19.7 Å². The molecule has 27 heavy (non-hydrogen) atoms. The van der Waals surface area contributed by atoms with Crippen LogP contribution in [0.1, 0.15) is 31.1 Å². The molecule has 0 fully saturated rings. The molecule has 1 aliphatic heterocycles. The summed E-state index contributed by atoms with van der Waals surface area (Å²) in [4.78, 5) is 0. The van der Waals surface area contributed by atoms with Crippen molar-refractivity contribution in [1.29, 1.82) is 0 Å². The van der Waals surface area contributed by atoms with Crippen molar-refractivity contribution in [2.24, 2.45) is 0 Å².